The van der Waals surface area contributed by atoms with Gasteiger partial charge < -0.3 is 0 Å². The van der Waals surface area contributed by atoms with Gasteiger partial charge in [-0.1, -0.05) is 24.3 Å². The number of hydrogen-bond donors (Lipinski definition) is 0. The van der Waals surface area contributed by atoms with Crippen molar-refractivity contribution in [3.8, 4) is 11.4 Å². The van der Waals surface area contributed by atoms with Gasteiger partial charge in [-0.15, -0.1) is 11.6 Å². The Morgan fingerprint density at radius 1 is 1.00 bits per heavy atom. The van der Waals surface area contributed by atoms with Crippen molar-refractivity contribution >= 4 is 28.3 Å². The number of pyridine rings is 2. The van der Waals surface area contributed by atoms with Gasteiger partial charge in [-0.2, -0.15) is 0 Å². The second-order valence-corrected chi connectivity index (χ2v) is 4.61. The smallest absolute Gasteiger partial charge is 0.179 e. The minimum Gasteiger partial charge on any atom is -0.293 e. The highest BCUT2D eigenvalue weighted by Gasteiger charge is 2.11. The average Bonchev–Trinajstić information content (AvgIpc) is 2.54. The lowest BCUT2D eigenvalue weighted by atomic mass is 10.1. The molecule has 0 saturated heterocycles. The number of halogens is 1. The second kappa shape index (κ2) is 5.39. The van der Waals surface area contributed by atoms with E-state index in [1.165, 1.54) is 0 Å². The molecule has 3 rings (SSSR count). The van der Waals surface area contributed by atoms with E-state index in [1.807, 2.05) is 42.5 Å². The third kappa shape index (κ3) is 2.28. The molecule has 20 heavy (non-hydrogen) atoms. The van der Waals surface area contributed by atoms with Crippen molar-refractivity contribution in [2.75, 3.05) is 5.88 Å². The maximum absolute atomic E-state index is 11.9. The van der Waals surface area contributed by atoms with Crippen LogP contribution in [-0.4, -0.2) is 21.6 Å². The van der Waals surface area contributed by atoms with E-state index in [2.05, 4.69) is 9.97 Å². The minimum atomic E-state index is -0.122. The van der Waals surface area contributed by atoms with Crippen molar-refractivity contribution in [3.63, 3.8) is 0 Å². The van der Waals surface area contributed by atoms with Gasteiger partial charge in [-0.25, -0.2) is 4.98 Å². The number of rotatable bonds is 3. The van der Waals surface area contributed by atoms with Gasteiger partial charge in [0.25, 0.3) is 0 Å². The predicted octanol–water partition coefficient (Wildman–Crippen LogP) is 3.72. The normalized spacial score (nSPS) is 10.7. The summed E-state index contributed by atoms with van der Waals surface area (Å²) in [5.41, 5.74) is 2.74. The fourth-order valence-electron chi connectivity index (χ4n) is 2.10. The van der Waals surface area contributed by atoms with Crippen LogP contribution in [-0.2, 0) is 0 Å². The molecule has 0 aliphatic heterocycles. The maximum Gasteiger partial charge on any atom is 0.179 e. The summed E-state index contributed by atoms with van der Waals surface area (Å²) in [6.45, 7) is 0. The molecule has 0 spiro atoms. The van der Waals surface area contributed by atoms with E-state index >= 15 is 0 Å². The zero-order valence-corrected chi connectivity index (χ0v) is 11.3. The van der Waals surface area contributed by atoms with Crippen LogP contribution in [0.1, 0.15) is 10.4 Å². The molecule has 0 saturated carbocycles. The number of nitrogens with zero attached hydrogens (tertiary/aromatic N) is 2. The van der Waals surface area contributed by atoms with Gasteiger partial charge in [0, 0.05) is 17.1 Å². The fraction of sp³-hybridized carbons (Fsp3) is 0.0625. The minimum absolute atomic E-state index is 0.0470. The van der Waals surface area contributed by atoms with E-state index in [-0.39, 0.29) is 11.7 Å². The highest BCUT2D eigenvalue weighted by atomic mass is 35.5. The molecule has 0 aliphatic rings. The molecule has 0 fully saturated rings. The Bertz CT molecular complexity index is 772. The number of alkyl halides is 1. The third-order valence-electron chi connectivity index (χ3n) is 3.07. The molecular formula is C16H11ClN2O. The molecule has 2 heterocycles. The lowest BCUT2D eigenvalue weighted by molar-refractivity contribution is 0.102. The first-order valence-electron chi connectivity index (χ1n) is 6.20. The van der Waals surface area contributed by atoms with E-state index in [0.29, 0.717) is 11.1 Å². The molecule has 98 valence electrons. The molecule has 2 aromatic heterocycles. The Morgan fingerprint density at radius 2 is 1.90 bits per heavy atom. The van der Waals surface area contributed by atoms with Crippen LogP contribution in [0.5, 0.6) is 0 Å². The van der Waals surface area contributed by atoms with Crippen LogP contribution in [0.15, 0.2) is 54.7 Å². The SMILES string of the molecule is O=C(CCl)c1cccc2ccc(-c3ccccn3)nc12. The maximum atomic E-state index is 11.9. The van der Waals surface area contributed by atoms with Gasteiger partial charge >= 0.3 is 0 Å². The average molecular weight is 283 g/mol. The summed E-state index contributed by atoms with van der Waals surface area (Å²) in [6, 6.07) is 15.0. The van der Waals surface area contributed by atoms with Crippen LogP contribution in [0.25, 0.3) is 22.3 Å². The number of benzene rings is 1. The number of carbonyl (C=O) groups excluding carboxylic acids is 1. The first-order valence-corrected chi connectivity index (χ1v) is 6.73. The highest BCUT2D eigenvalue weighted by Crippen LogP contribution is 2.22. The summed E-state index contributed by atoms with van der Waals surface area (Å²) in [4.78, 5) is 20.7. The van der Waals surface area contributed by atoms with Crippen molar-refractivity contribution < 1.29 is 4.79 Å². The Morgan fingerprint density at radius 3 is 2.65 bits per heavy atom. The Labute approximate surface area is 121 Å². The number of hydrogen-bond acceptors (Lipinski definition) is 3. The molecule has 0 radical (unpaired) electrons. The summed E-state index contributed by atoms with van der Waals surface area (Å²) >= 11 is 5.65. The predicted molar refractivity (Wildman–Crippen MR) is 80.0 cm³/mol. The number of carbonyl (C=O) groups is 1. The van der Waals surface area contributed by atoms with Crippen molar-refractivity contribution in [2.24, 2.45) is 0 Å². The number of ketones is 1. The molecule has 0 atom stereocenters. The van der Waals surface area contributed by atoms with E-state index in [0.717, 1.165) is 16.8 Å². The van der Waals surface area contributed by atoms with Crippen LogP contribution >= 0.6 is 11.6 Å². The van der Waals surface area contributed by atoms with Gasteiger partial charge in [0.05, 0.1) is 22.8 Å². The summed E-state index contributed by atoms with van der Waals surface area (Å²) in [7, 11) is 0. The van der Waals surface area contributed by atoms with E-state index in [1.54, 1.807) is 12.3 Å². The first kappa shape index (κ1) is 12.8. The molecule has 0 bridgehead atoms. The number of para-hydroxylation sites is 1. The summed E-state index contributed by atoms with van der Waals surface area (Å²) < 4.78 is 0. The topological polar surface area (TPSA) is 42.9 Å². The van der Waals surface area contributed by atoms with E-state index in [9.17, 15) is 4.79 Å². The summed E-state index contributed by atoms with van der Waals surface area (Å²) in [6.07, 6.45) is 1.72. The van der Waals surface area contributed by atoms with E-state index in [4.69, 9.17) is 11.6 Å². The van der Waals surface area contributed by atoms with Crippen LogP contribution in [0.4, 0.5) is 0 Å². The Hall–Kier alpha value is -2.26. The van der Waals surface area contributed by atoms with Crippen LogP contribution in [0.3, 0.4) is 0 Å². The summed E-state index contributed by atoms with van der Waals surface area (Å²) in [5, 5.41) is 0.917. The zero-order valence-electron chi connectivity index (χ0n) is 10.6. The molecule has 3 aromatic rings. The molecule has 0 amide bonds. The van der Waals surface area contributed by atoms with Gasteiger partial charge in [0.15, 0.2) is 5.78 Å². The van der Waals surface area contributed by atoms with Gasteiger partial charge in [0.2, 0.25) is 0 Å². The first-order chi connectivity index (χ1) is 9.79. The zero-order chi connectivity index (χ0) is 13.9. The third-order valence-corrected chi connectivity index (χ3v) is 3.31. The van der Waals surface area contributed by atoms with Crippen molar-refractivity contribution in [1.82, 2.24) is 9.97 Å². The second-order valence-electron chi connectivity index (χ2n) is 4.35. The molecule has 0 N–H and O–H groups in total. The van der Waals surface area contributed by atoms with Crippen molar-refractivity contribution in [2.45, 2.75) is 0 Å². The van der Waals surface area contributed by atoms with E-state index < -0.39 is 0 Å². The van der Waals surface area contributed by atoms with Gasteiger partial charge in [-0.3, -0.25) is 9.78 Å². The molecule has 0 aliphatic carbocycles. The lowest BCUT2D eigenvalue weighted by Gasteiger charge is -2.06. The number of Topliss-reactive ketones (excluding diaryl/α,β-unsaturated/α-hetero) is 1. The number of aromatic nitrogens is 2. The fourth-order valence-corrected chi connectivity index (χ4v) is 2.24. The van der Waals surface area contributed by atoms with Crippen LogP contribution < -0.4 is 0 Å². The molecule has 1 aromatic carbocycles. The molecule has 0 unspecified atom stereocenters. The quantitative estimate of drug-likeness (QED) is 0.543. The summed E-state index contributed by atoms with van der Waals surface area (Å²) in [5.74, 6) is -0.169. The van der Waals surface area contributed by atoms with Crippen molar-refractivity contribution in [3.05, 3.63) is 60.3 Å². The lowest BCUT2D eigenvalue weighted by Crippen LogP contribution is -2.02. The molecule has 3 nitrogen and oxygen atoms in total. The van der Waals surface area contributed by atoms with Gasteiger partial charge in [0.1, 0.15) is 0 Å². The molecular weight excluding hydrogens is 272 g/mol. The number of fused-ring (bicyclic) bond motifs is 1. The highest BCUT2D eigenvalue weighted by molar-refractivity contribution is 6.31. The largest absolute Gasteiger partial charge is 0.293 e. The standard InChI is InChI=1S/C16H11ClN2O/c17-10-15(20)12-5-3-4-11-7-8-14(19-16(11)12)13-6-1-2-9-18-13/h1-9H,10H2. The molecule has 4 heteroatoms. The monoisotopic (exact) mass is 282 g/mol. The van der Waals surface area contributed by atoms with Crippen LogP contribution in [0.2, 0.25) is 0 Å². The Balaban J connectivity index is 2.22. The van der Waals surface area contributed by atoms with Crippen LogP contribution in [0, 0.1) is 0 Å². The van der Waals surface area contributed by atoms with Gasteiger partial charge in [-0.05, 0) is 24.3 Å². The van der Waals surface area contributed by atoms with Crippen molar-refractivity contribution in [1.29, 1.82) is 0 Å². The Kier molecular flexibility index (Phi) is 3.44.